The highest BCUT2D eigenvalue weighted by molar-refractivity contribution is 5.79. The first-order valence-electron chi connectivity index (χ1n) is 10.6. The van der Waals surface area contributed by atoms with Gasteiger partial charge in [-0.15, -0.1) is 0 Å². The van der Waals surface area contributed by atoms with Gasteiger partial charge in [0.2, 0.25) is 0 Å². The molecule has 1 aliphatic rings. The Bertz CT molecular complexity index is 627. The summed E-state index contributed by atoms with van der Waals surface area (Å²) >= 11 is 0. The van der Waals surface area contributed by atoms with Crippen LogP contribution in [0.3, 0.4) is 0 Å². The fraction of sp³-hybridized carbons (Fsp3) is 0.682. The molecule has 1 heterocycles. The van der Waals surface area contributed by atoms with Crippen LogP contribution in [0.4, 0.5) is 0 Å². The van der Waals surface area contributed by atoms with Crippen LogP contribution < -0.4 is 15.4 Å². The van der Waals surface area contributed by atoms with E-state index in [1.54, 1.807) is 0 Å². The van der Waals surface area contributed by atoms with Crippen LogP contribution in [0.5, 0.6) is 5.75 Å². The number of ether oxygens (including phenoxy) is 2. The summed E-state index contributed by atoms with van der Waals surface area (Å²) in [6.45, 7) is 14.0. The molecule has 0 saturated carbocycles. The Morgan fingerprint density at radius 2 is 2.00 bits per heavy atom. The highest BCUT2D eigenvalue weighted by Crippen LogP contribution is 2.16. The molecule has 164 valence electrons. The van der Waals surface area contributed by atoms with E-state index in [-0.39, 0.29) is 5.54 Å². The topological polar surface area (TPSA) is 61.4 Å². The number of benzene rings is 1. The summed E-state index contributed by atoms with van der Waals surface area (Å²) in [6.07, 6.45) is 0. The van der Waals surface area contributed by atoms with Crippen LogP contribution in [-0.2, 0) is 11.3 Å². The molecule has 1 fully saturated rings. The molecule has 0 amide bonds. The third-order valence-electron chi connectivity index (χ3n) is 5.03. The highest BCUT2D eigenvalue weighted by atomic mass is 16.5. The quantitative estimate of drug-likeness (QED) is 0.457. The lowest BCUT2D eigenvalue weighted by molar-refractivity contribution is -0.00834. The Labute approximate surface area is 176 Å². The lowest BCUT2D eigenvalue weighted by Gasteiger charge is -2.41. The van der Waals surface area contributed by atoms with Crippen molar-refractivity contribution >= 4 is 5.96 Å². The van der Waals surface area contributed by atoms with E-state index in [9.17, 15) is 0 Å². The van der Waals surface area contributed by atoms with Crippen LogP contribution in [0.15, 0.2) is 29.3 Å². The number of aliphatic imine (C=N–C) groups is 1. The molecule has 0 radical (unpaired) electrons. The lowest BCUT2D eigenvalue weighted by atomic mass is 10.0. The third-order valence-corrected chi connectivity index (χ3v) is 5.03. The summed E-state index contributed by atoms with van der Waals surface area (Å²) in [7, 11) is 4.09. The Hall–Kier alpha value is -1.83. The van der Waals surface area contributed by atoms with Crippen LogP contribution in [0.1, 0.15) is 26.3 Å². The molecule has 0 aliphatic carbocycles. The van der Waals surface area contributed by atoms with Crippen molar-refractivity contribution < 1.29 is 9.47 Å². The van der Waals surface area contributed by atoms with Crippen LogP contribution in [0.25, 0.3) is 0 Å². The fourth-order valence-electron chi connectivity index (χ4n) is 3.17. The molecule has 29 heavy (non-hydrogen) atoms. The summed E-state index contributed by atoms with van der Waals surface area (Å²) in [5.74, 6) is 1.73. The number of nitrogens with one attached hydrogen (secondary N) is 2. The van der Waals surface area contributed by atoms with Crippen molar-refractivity contribution in [2.24, 2.45) is 4.99 Å². The normalized spacial score (nSPS) is 16.1. The summed E-state index contributed by atoms with van der Waals surface area (Å²) in [5.41, 5.74) is 1.18. The van der Waals surface area contributed by atoms with E-state index < -0.39 is 0 Å². The van der Waals surface area contributed by atoms with Gasteiger partial charge >= 0.3 is 0 Å². The molecule has 7 heteroatoms. The zero-order valence-corrected chi connectivity index (χ0v) is 18.8. The molecule has 1 saturated heterocycles. The van der Waals surface area contributed by atoms with Gasteiger partial charge in [-0.25, -0.2) is 4.99 Å². The van der Waals surface area contributed by atoms with E-state index in [0.29, 0.717) is 13.2 Å². The predicted octanol–water partition coefficient (Wildman–Crippen LogP) is 1.79. The summed E-state index contributed by atoms with van der Waals surface area (Å²) in [4.78, 5) is 9.35. The Morgan fingerprint density at radius 3 is 2.69 bits per heavy atom. The SMILES string of the molecule is CCNC(=NCc1cccc(OCCN(C)C)c1)NCC(C)(C)N1CCOCC1. The van der Waals surface area contributed by atoms with Gasteiger partial charge in [-0.05, 0) is 52.6 Å². The monoisotopic (exact) mass is 405 g/mol. The van der Waals surface area contributed by atoms with Gasteiger partial charge in [0.05, 0.1) is 19.8 Å². The minimum Gasteiger partial charge on any atom is -0.492 e. The van der Waals surface area contributed by atoms with Gasteiger partial charge in [0.25, 0.3) is 0 Å². The Morgan fingerprint density at radius 1 is 1.24 bits per heavy atom. The molecule has 0 atom stereocenters. The molecule has 7 nitrogen and oxygen atoms in total. The van der Waals surface area contributed by atoms with E-state index in [1.807, 2.05) is 26.2 Å². The molecule has 2 N–H and O–H groups in total. The molecule has 1 aromatic carbocycles. The van der Waals surface area contributed by atoms with Crippen molar-refractivity contribution in [3.05, 3.63) is 29.8 Å². The second kappa shape index (κ2) is 12.0. The van der Waals surface area contributed by atoms with Crippen LogP contribution in [0, 0.1) is 0 Å². The first kappa shape index (κ1) is 23.4. The first-order chi connectivity index (χ1) is 13.9. The maximum absolute atomic E-state index is 5.83. The maximum Gasteiger partial charge on any atom is 0.191 e. The lowest BCUT2D eigenvalue weighted by Crippen LogP contribution is -2.56. The van der Waals surface area contributed by atoms with Crippen molar-refractivity contribution in [2.45, 2.75) is 32.9 Å². The molecule has 0 spiro atoms. The first-order valence-corrected chi connectivity index (χ1v) is 10.6. The van der Waals surface area contributed by atoms with Crippen molar-refractivity contribution in [1.82, 2.24) is 20.4 Å². The van der Waals surface area contributed by atoms with Gasteiger partial charge in [-0.2, -0.15) is 0 Å². The summed E-state index contributed by atoms with van der Waals surface area (Å²) in [6, 6.07) is 8.18. The molecule has 1 aromatic rings. The third kappa shape index (κ3) is 8.60. The van der Waals surface area contributed by atoms with Gasteiger partial charge in [0, 0.05) is 38.3 Å². The van der Waals surface area contributed by atoms with E-state index >= 15 is 0 Å². The van der Waals surface area contributed by atoms with Crippen molar-refractivity contribution in [3.8, 4) is 5.75 Å². The van der Waals surface area contributed by atoms with Gasteiger partial charge in [-0.1, -0.05) is 12.1 Å². The molecule has 0 bridgehead atoms. The number of guanidine groups is 1. The summed E-state index contributed by atoms with van der Waals surface area (Å²) in [5, 5.41) is 6.86. The van der Waals surface area contributed by atoms with Crippen molar-refractivity contribution in [1.29, 1.82) is 0 Å². The zero-order chi connectivity index (χ0) is 21.1. The molecular weight excluding hydrogens is 366 g/mol. The van der Waals surface area contributed by atoms with Gasteiger partial charge in [-0.3, -0.25) is 4.90 Å². The van der Waals surface area contributed by atoms with Crippen LogP contribution in [-0.4, -0.2) is 87.9 Å². The smallest absolute Gasteiger partial charge is 0.191 e. The number of hydrogen-bond acceptors (Lipinski definition) is 5. The fourth-order valence-corrected chi connectivity index (χ4v) is 3.17. The molecule has 1 aliphatic heterocycles. The average Bonchev–Trinajstić information content (AvgIpc) is 2.71. The molecule has 2 rings (SSSR count). The van der Waals surface area contributed by atoms with E-state index in [1.165, 1.54) is 0 Å². The number of nitrogens with zero attached hydrogens (tertiary/aromatic N) is 3. The standard InChI is InChI=1S/C22H39N5O2/c1-6-23-21(25-18-22(2,3)27-11-13-28-14-12-27)24-17-19-8-7-9-20(16-19)29-15-10-26(4)5/h7-9,16H,6,10-15,17-18H2,1-5H3,(H2,23,24,25). The van der Waals surface area contributed by atoms with E-state index in [0.717, 1.165) is 63.2 Å². The maximum atomic E-state index is 5.83. The second-order valence-electron chi connectivity index (χ2n) is 8.26. The van der Waals surface area contributed by atoms with Gasteiger partial charge in [0.15, 0.2) is 5.96 Å². The number of likely N-dealkylation sites (N-methyl/N-ethyl adjacent to an activating group) is 1. The average molecular weight is 406 g/mol. The van der Waals surface area contributed by atoms with Gasteiger partial charge < -0.3 is 25.0 Å². The van der Waals surface area contributed by atoms with E-state index in [4.69, 9.17) is 14.5 Å². The van der Waals surface area contributed by atoms with E-state index in [2.05, 4.69) is 53.3 Å². The Balaban J connectivity index is 1.91. The molecular formula is C22H39N5O2. The zero-order valence-electron chi connectivity index (χ0n) is 18.8. The van der Waals surface area contributed by atoms with Crippen molar-refractivity contribution in [2.75, 3.05) is 66.6 Å². The van der Waals surface area contributed by atoms with Crippen LogP contribution in [0.2, 0.25) is 0 Å². The van der Waals surface area contributed by atoms with Crippen molar-refractivity contribution in [3.63, 3.8) is 0 Å². The largest absolute Gasteiger partial charge is 0.492 e. The Kier molecular flexibility index (Phi) is 9.70. The minimum absolute atomic E-state index is 0.0418. The molecule has 0 aromatic heterocycles. The molecule has 0 unspecified atom stereocenters. The van der Waals surface area contributed by atoms with Gasteiger partial charge in [0.1, 0.15) is 12.4 Å². The number of morpholine rings is 1. The predicted molar refractivity (Wildman–Crippen MR) is 120 cm³/mol. The minimum atomic E-state index is 0.0418. The number of hydrogen-bond donors (Lipinski definition) is 2. The van der Waals surface area contributed by atoms with Crippen LogP contribution >= 0.6 is 0 Å². The number of rotatable bonds is 10. The second-order valence-corrected chi connectivity index (χ2v) is 8.26. The summed E-state index contributed by atoms with van der Waals surface area (Å²) < 4.78 is 11.3. The highest BCUT2D eigenvalue weighted by Gasteiger charge is 2.28.